The molecule has 0 aromatic heterocycles. The lowest BCUT2D eigenvalue weighted by atomic mass is 9.77. The van der Waals surface area contributed by atoms with Crippen LogP contribution in [-0.4, -0.2) is 5.97 Å². The number of benzene rings is 2. The first-order valence-corrected chi connectivity index (χ1v) is 14.9. The summed E-state index contributed by atoms with van der Waals surface area (Å²) in [5.41, 5.74) is 6.97. The van der Waals surface area contributed by atoms with Gasteiger partial charge in [0.25, 0.3) is 0 Å². The number of aryl methyl sites for hydroxylation is 2. The molecule has 0 radical (unpaired) electrons. The Hall–Kier alpha value is -2.09. The molecule has 3 rings (SSSR count). The standard InChI is InChI=1S/C35H52O2/c1-9-10-11-12-13-14-15-16-17-18-19-26-20-21-28(25(2)22-26)31-29-23-27(34(3,4)5)24-30(35(6,7)8)32(29)37-33(31)36/h20-24,31H,9-19H2,1-8H3. The molecule has 2 aromatic carbocycles. The van der Waals surface area contributed by atoms with Crippen molar-refractivity contribution < 1.29 is 9.53 Å². The fraction of sp³-hybridized carbons (Fsp3) is 0.629. The van der Waals surface area contributed by atoms with Crippen molar-refractivity contribution in [2.24, 2.45) is 0 Å². The summed E-state index contributed by atoms with van der Waals surface area (Å²) >= 11 is 0. The third kappa shape index (κ3) is 7.71. The largest absolute Gasteiger partial charge is 0.425 e. The van der Waals surface area contributed by atoms with Crippen LogP contribution < -0.4 is 4.74 Å². The molecule has 0 saturated carbocycles. The van der Waals surface area contributed by atoms with E-state index in [4.69, 9.17) is 4.74 Å². The van der Waals surface area contributed by atoms with Crippen molar-refractivity contribution in [1.29, 1.82) is 0 Å². The summed E-state index contributed by atoms with van der Waals surface area (Å²) in [6, 6.07) is 11.2. The van der Waals surface area contributed by atoms with Gasteiger partial charge < -0.3 is 4.74 Å². The fourth-order valence-electron chi connectivity index (χ4n) is 5.58. The highest BCUT2D eigenvalue weighted by atomic mass is 16.5. The summed E-state index contributed by atoms with van der Waals surface area (Å²) < 4.78 is 5.98. The molecule has 1 atom stereocenters. The van der Waals surface area contributed by atoms with E-state index < -0.39 is 0 Å². The second-order valence-electron chi connectivity index (χ2n) is 13.4. The molecule has 2 nitrogen and oxygen atoms in total. The number of ether oxygens (including phenoxy) is 1. The van der Waals surface area contributed by atoms with Gasteiger partial charge in [0.1, 0.15) is 11.7 Å². The topological polar surface area (TPSA) is 26.3 Å². The average Bonchev–Trinajstić information content (AvgIpc) is 3.14. The molecule has 37 heavy (non-hydrogen) atoms. The highest BCUT2D eigenvalue weighted by Gasteiger charge is 2.40. The molecule has 204 valence electrons. The lowest BCUT2D eigenvalue weighted by Crippen LogP contribution is -2.17. The van der Waals surface area contributed by atoms with Gasteiger partial charge in [-0.05, 0) is 52.8 Å². The molecule has 2 heteroatoms. The first kappa shape index (κ1) is 29.5. The van der Waals surface area contributed by atoms with Crippen molar-refractivity contribution in [2.45, 2.75) is 143 Å². The SMILES string of the molecule is CCCCCCCCCCCCc1ccc(C2C(=O)Oc3c2cc(C(C)(C)C)cc3C(C)(C)C)c(C)c1. The van der Waals surface area contributed by atoms with E-state index in [9.17, 15) is 4.79 Å². The van der Waals surface area contributed by atoms with Gasteiger partial charge in [-0.15, -0.1) is 0 Å². The van der Waals surface area contributed by atoms with Gasteiger partial charge in [-0.1, -0.05) is 137 Å². The van der Waals surface area contributed by atoms with Gasteiger partial charge in [-0.25, -0.2) is 0 Å². The van der Waals surface area contributed by atoms with E-state index >= 15 is 0 Å². The van der Waals surface area contributed by atoms with Gasteiger partial charge in [0.2, 0.25) is 0 Å². The fourth-order valence-corrected chi connectivity index (χ4v) is 5.58. The molecule has 0 aliphatic carbocycles. The summed E-state index contributed by atoms with van der Waals surface area (Å²) in [6.45, 7) is 17.7. The van der Waals surface area contributed by atoms with Gasteiger partial charge in [0.05, 0.1) is 0 Å². The van der Waals surface area contributed by atoms with Crippen LogP contribution in [0.4, 0.5) is 0 Å². The van der Waals surface area contributed by atoms with Crippen molar-refractivity contribution in [3.63, 3.8) is 0 Å². The summed E-state index contributed by atoms with van der Waals surface area (Å²) in [4.78, 5) is 13.3. The first-order valence-electron chi connectivity index (χ1n) is 14.9. The third-order valence-electron chi connectivity index (χ3n) is 8.01. The normalized spacial score (nSPS) is 15.7. The van der Waals surface area contributed by atoms with Crippen molar-refractivity contribution in [3.05, 3.63) is 63.7 Å². The van der Waals surface area contributed by atoms with Gasteiger partial charge >= 0.3 is 5.97 Å². The molecular weight excluding hydrogens is 452 g/mol. The Kier molecular flexibility index (Phi) is 10.1. The van der Waals surface area contributed by atoms with Crippen LogP contribution in [0.5, 0.6) is 5.75 Å². The monoisotopic (exact) mass is 504 g/mol. The minimum atomic E-state index is -0.343. The molecule has 0 spiro atoms. The smallest absolute Gasteiger partial charge is 0.323 e. The number of carbonyl (C=O) groups excluding carboxylic acids is 1. The van der Waals surface area contributed by atoms with Gasteiger partial charge in [0, 0.05) is 11.1 Å². The second kappa shape index (κ2) is 12.6. The van der Waals surface area contributed by atoms with Crippen molar-refractivity contribution in [3.8, 4) is 5.75 Å². The van der Waals surface area contributed by atoms with Crippen molar-refractivity contribution in [2.75, 3.05) is 0 Å². The predicted octanol–water partition coefficient (Wildman–Crippen LogP) is 10.1. The average molecular weight is 505 g/mol. The molecule has 1 aliphatic rings. The van der Waals surface area contributed by atoms with E-state index in [2.05, 4.69) is 85.7 Å². The maximum atomic E-state index is 13.3. The molecular formula is C35H52O2. The van der Waals surface area contributed by atoms with Crippen molar-refractivity contribution in [1.82, 2.24) is 0 Å². The van der Waals surface area contributed by atoms with Crippen LogP contribution in [0.25, 0.3) is 0 Å². The zero-order chi connectivity index (χ0) is 27.2. The van der Waals surface area contributed by atoms with E-state index in [-0.39, 0.29) is 22.7 Å². The molecule has 1 unspecified atom stereocenters. The Morgan fingerprint density at radius 3 is 1.86 bits per heavy atom. The van der Waals surface area contributed by atoms with Gasteiger partial charge in [-0.2, -0.15) is 0 Å². The zero-order valence-corrected chi connectivity index (χ0v) is 25.1. The number of hydrogen-bond acceptors (Lipinski definition) is 2. The van der Waals surface area contributed by atoms with Crippen molar-refractivity contribution >= 4 is 5.97 Å². The minimum absolute atomic E-state index is 0.000821. The van der Waals surface area contributed by atoms with E-state index in [0.717, 1.165) is 28.9 Å². The summed E-state index contributed by atoms with van der Waals surface area (Å²) in [6.07, 6.45) is 14.7. The van der Waals surface area contributed by atoms with Crippen LogP contribution in [0.1, 0.15) is 152 Å². The van der Waals surface area contributed by atoms with E-state index in [0.29, 0.717) is 0 Å². The van der Waals surface area contributed by atoms with Crippen LogP contribution in [0.3, 0.4) is 0 Å². The minimum Gasteiger partial charge on any atom is -0.425 e. The highest BCUT2D eigenvalue weighted by molar-refractivity contribution is 5.91. The van der Waals surface area contributed by atoms with Gasteiger partial charge in [-0.3, -0.25) is 4.79 Å². The van der Waals surface area contributed by atoms with E-state index in [1.165, 1.54) is 80.9 Å². The van der Waals surface area contributed by atoms with Crippen LogP contribution >= 0.6 is 0 Å². The molecule has 0 amide bonds. The number of fused-ring (bicyclic) bond motifs is 1. The number of hydrogen-bond donors (Lipinski definition) is 0. The highest BCUT2D eigenvalue weighted by Crippen LogP contribution is 2.47. The number of carbonyl (C=O) groups is 1. The molecule has 0 saturated heterocycles. The Morgan fingerprint density at radius 2 is 1.32 bits per heavy atom. The van der Waals surface area contributed by atoms with Crippen LogP contribution in [0.2, 0.25) is 0 Å². The number of rotatable bonds is 12. The Balaban J connectivity index is 1.68. The van der Waals surface area contributed by atoms with Crippen LogP contribution in [-0.2, 0) is 22.0 Å². The summed E-state index contributed by atoms with van der Waals surface area (Å²) in [5, 5.41) is 0. The lowest BCUT2D eigenvalue weighted by Gasteiger charge is -2.27. The molecule has 0 bridgehead atoms. The van der Waals surface area contributed by atoms with E-state index in [1.54, 1.807) is 0 Å². The lowest BCUT2D eigenvalue weighted by molar-refractivity contribution is -0.133. The van der Waals surface area contributed by atoms with E-state index in [1.807, 2.05) is 0 Å². The Labute approximate surface area is 227 Å². The molecule has 0 N–H and O–H groups in total. The Bertz CT molecular complexity index is 1050. The van der Waals surface area contributed by atoms with Gasteiger partial charge in [0.15, 0.2) is 0 Å². The maximum absolute atomic E-state index is 13.3. The molecule has 1 heterocycles. The van der Waals surface area contributed by atoms with Crippen LogP contribution in [0, 0.1) is 6.92 Å². The Morgan fingerprint density at radius 1 is 0.730 bits per heavy atom. The number of unbranched alkanes of at least 4 members (excludes halogenated alkanes) is 9. The predicted molar refractivity (Wildman–Crippen MR) is 158 cm³/mol. The molecule has 2 aromatic rings. The first-order chi connectivity index (χ1) is 17.4. The second-order valence-corrected chi connectivity index (χ2v) is 13.4. The summed E-state index contributed by atoms with van der Waals surface area (Å²) in [7, 11) is 0. The summed E-state index contributed by atoms with van der Waals surface area (Å²) in [5.74, 6) is 0.297. The maximum Gasteiger partial charge on any atom is 0.323 e. The third-order valence-corrected chi connectivity index (χ3v) is 8.01. The van der Waals surface area contributed by atoms with Crippen LogP contribution in [0.15, 0.2) is 30.3 Å². The molecule has 0 fully saturated rings. The molecule has 1 aliphatic heterocycles. The zero-order valence-electron chi connectivity index (χ0n) is 25.1. The quantitative estimate of drug-likeness (QED) is 0.163. The number of esters is 1.